The molecule has 0 atom stereocenters. The summed E-state index contributed by atoms with van der Waals surface area (Å²) in [5.74, 6) is 0.0900. The van der Waals surface area contributed by atoms with Gasteiger partial charge in [-0.05, 0) is 18.6 Å². The van der Waals surface area contributed by atoms with E-state index in [-0.39, 0.29) is 11.0 Å². The zero-order chi connectivity index (χ0) is 13.1. The van der Waals surface area contributed by atoms with Gasteiger partial charge in [0.2, 0.25) is 11.9 Å². The van der Waals surface area contributed by atoms with Gasteiger partial charge in [-0.2, -0.15) is 9.67 Å². The Balaban J connectivity index is 2.32. The van der Waals surface area contributed by atoms with Crippen molar-refractivity contribution in [3.8, 4) is 5.69 Å². The molecule has 0 aliphatic heterocycles. The highest BCUT2D eigenvalue weighted by atomic mass is 35.5. The van der Waals surface area contributed by atoms with Crippen LogP contribution in [-0.4, -0.2) is 21.3 Å². The van der Waals surface area contributed by atoms with Crippen molar-refractivity contribution < 1.29 is 4.39 Å². The fraction of sp³-hybridized carbons (Fsp3) is 0.273. The smallest absolute Gasteiger partial charge is 0.244 e. The maximum Gasteiger partial charge on any atom is 0.244 e. The molecule has 3 N–H and O–H groups in total. The van der Waals surface area contributed by atoms with E-state index in [2.05, 4.69) is 15.4 Å². The zero-order valence-corrected chi connectivity index (χ0v) is 10.6. The minimum absolute atomic E-state index is 0.0572. The van der Waals surface area contributed by atoms with Crippen LogP contribution in [0.25, 0.3) is 5.69 Å². The minimum Gasteiger partial charge on any atom is -0.368 e. The molecule has 2 rings (SSSR count). The van der Waals surface area contributed by atoms with Gasteiger partial charge in [0.05, 0.1) is 10.7 Å². The Bertz CT molecular complexity index is 554. The summed E-state index contributed by atoms with van der Waals surface area (Å²) in [5, 5.41) is 7.21. The van der Waals surface area contributed by atoms with Gasteiger partial charge in [-0.25, -0.2) is 4.39 Å². The number of halogens is 2. The van der Waals surface area contributed by atoms with Gasteiger partial charge in [-0.15, -0.1) is 5.10 Å². The van der Waals surface area contributed by atoms with Crippen LogP contribution < -0.4 is 11.1 Å². The quantitative estimate of drug-likeness (QED) is 0.895. The average Bonchev–Trinajstić information content (AvgIpc) is 2.71. The number of nitrogens with one attached hydrogen (secondary N) is 1. The number of anilines is 2. The second-order valence-electron chi connectivity index (χ2n) is 3.73. The molecule has 0 saturated heterocycles. The topological polar surface area (TPSA) is 68.8 Å². The number of aromatic nitrogens is 3. The third kappa shape index (κ3) is 2.53. The molecular weight excluding hydrogens is 257 g/mol. The molecule has 0 amide bonds. The molecule has 5 nitrogen and oxygen atoms in total. The predicted octanol–water partition coefficient (Wildman–Crippen LogP) is 2.46. The molecular formula is C11H13ClFN5. The number of hydrogen-bond donors (Lipinski definition) is 2. The van der Waals surface area contributed by atoms with E-state index in [1.54, 1.807) is 6.07 Å². The molecule has 0 spiro atoms. The summed E-state index contributed by atoms with van der Waals surface area (Å²) in [6.07, 6.45) is 0.948. The Labute approximate surface area is 109 Å². The maximum absolute atomic E-state index is 13.4. The van der Waals surface area contributed by atoms with Gasteiger partial charge >= 0.3 is 0 Å². The van der Waals surface area contributed by atoms with Crippen LogP contribution in [0.2, 0.25) is 5.02 Å². The SMILES string of the molecule is CCCNc1nc(N)n(-c2ccc(Cl)c(F)c2)n1. The maximum atomic E-state index is 13.4. The Morgan fingerprint density at radius 1 is 1.50 bits per heavy atom. The van der Waals surface area contributed by atoms with Crippen LogP contribution in [0.1, 0.15) is 13.3 Å². The number of nitrogens with two attached hydrogens (primary N) is 1. The molecule has 1 heterocycles. The van der Waals surface area contributed by atoms with E-state index in [1.807, 2.05) is 6.92 Å². The van der Waals surface area contributed by atoms with Gasteiger partial charge < -0.3 is 11.1 Å². The summed E-state index contributed by atoms with van der Waals surface area (Å²) in [5.41, 5.74) is 6.21. The molecule has 0 unspecified atom stereocenters. The molecule has 96 valence electrons. The molecule has 0 bridgehead atoms. The average molecular weight is 270 g/mol. The molecule has 2 aromatic rings. The van der Waals surface area contributed by atoms with E-state index in [1.165, 1.54) is 16.8 Å². The first kappa shape index (κ1) is 12.6. The molecule has 18 heavy (non-hydrogen) atoms. The summed E-state index contributed by atoms with van der Waals surface area (Å²) in [7, 11) is 0. The first-order valence-electron chi connectivity index (χ1n) is 5.53. The fourth-order valence-corrected chi connectivity index (χ4v) is 1.56. The first-order chi connectivity index (χ1) is 8.61. The van der Waals surface area contributed by atoms with E-state index < -0.39 is 5.82 Å². The minimum atomic E-state index is -0.521. The molecule has 0 aliphatic carbocycles. The molecule has 1 aromatic carbocycles. The monoisotopic (exact) mass is 269 g/mol. The molecule has 0 fully saturated rings. The van der Waals surface area contributed by atoms with E-state index in [0.717, 1.165) is 13.0 Å². The van der Waals surface area contributed by atoms with Gasteiger partial charge in [0.1, 0.15) is 5.82 Å². The van der Waals surface area contributed by atoms with Gasteiger partial charge in [0, 0.05) is 12.6 Å². The number of benzene rings is 1. The summed E-state index contributed by atoms with van der Waals surface area (Å²) in [4.78, 5) is 4.04. The first-order valence-corrected chi connectivity index (χ1v) is 5.91. The molecule has 0 aliphatic rings. The summed E-state index contributed by atoms with van der Waals surface area (Å²) in [6, 6.07) is 4.34. The fourth-order valence-electron chi connectivity index (χ4n) is 1.44. The van der Waals surface area contributed by atoms with Crippen LogP contribution in [0.5, 0.6) is 0 Å². The van der Waals surface area contributed by atoms with Gasteiger partial charge in [0.15, 0.2) is 0 Å². The van der Waals surface area contributed by atoms with E-state index in [0.29, 0.717) is 11.6 Å². The molecule has 7 heteroatoms. The number of rotatable bonds is 4. The lowest BCUT2D eigenvalue weighted by Crippen LogP contribution is -2.04. The largest absolute Gasteiger partial charge is 0.368 e. The third-order valence-corrected chi connectivity index (χ3v) is 2.62. The highest BCUT2D eigenvalue weighted by molar-refractivity contribution is 6.30. The van der Waals surface area contributed by atoms with Gasteiger partial charge in [-0.1, -0.05) is 18.5 Å². The summed E-state index contributed by atoms with van der Waals surface area (Å²) in [6.45, 7) is 2.78. The number of hydrogen-bond acceptors (Lipinski definition) is 4. The Morgan fingerprint density at radius 3 is 2.94 bits per heavy atom. The van der Waals surface area contributed by atoms with Crippen LogP contribution >= 0.6 is 11.6 Å². The van der Waals surface area contributed by atoms with Crippen molar-refractivity contribution in [2.45, 2.75) is 13.3 Å². The standard InChI is InChI=1S/C11H13ClFN5/c1-2-5-15-11-16-10(14)18(17-11)7-3-4-8(12)9(13)6-7/h3-4,6H,2,5H2,1H3,(H3,14,15,16,17). The van der Waals surface area contributed by atoms with Crippen molar-refractivity contribution in [1.82, 2.24) is 14.8 Å². The zero-order valence-electron chi connectivity index (χ0n) is 9.82. The lowest BCUT2D eigenvalue weighted by atomic mass is 10.3. The number of nitrogen functional groups attached to an aromatic ring is 1. The highest BCUT2D eigenvalue weighted by Gasteiger charge is 2.10. The van der Waals surface area contributed by atoms with Crippen LogP contribution in [-0.2, 0) is 0 Å². The van der Waals surface area contributed by atoms with Crippen molar-refractivity contribution in [2.75, 3.05) is 17.6 Å². The predicted molar refractivity (Wildman–Crippen MR) is 69.5 cm³/mol. The Hall–Kier alpha value is -1.82. The Kier molecular flexibility index (Phi) is 3.66. The molecule has 0 saturated carbocycles. The van der Waals surface area contributed by atoms with Crippen LogP contribution in [0, 0.1) is 5.82 Å². The van der Waals surface area contributed by atoms with Crippen molar-refractivity contribution in [3.63, 3.8) is 0 Å². The van der Waals surface area contributed by atoms with Gasteiger partial charge in [0.25, 0.3) is 0 Å². The van der Waals surface area contributed by atoms with E-state index in [9.17, 15) is 4.39 Å². The van der Waals surface area contributed by atoms with Crippen LogP contribution in [0.15, 0.2) is 18.2 Å². The summed E-state index contributed by atoms with van der Waals surface area (Å²) >= 11 is 5.62. The second kappa shape index (κ2) is 5.22. The summed E-state index contributed by atoms with van der Waals surface area (Å²) < 4.78 is 14.7. The number of nitrogens with zero attached hydrogens (tertiary/aromatic N) is 3. The van der Waals surface area contributed by atoms with Crippen molar-refractivity contribution in [2.24, 2.45) is 0 Å². The van der Waals surface area contributed by atoms with Gasteiger partial charge in [-0.3, -0.25) is 0 Å². The Morgan fingerprint density at radius 2 is 2.28 bits per heavy atom. The van der Waals surface area contributed by atoms with E-state index >= 15 is 0 Å². The lowest BCUT2D eigenvalue weighted by molar-refractivity contribution is 0.626. The van der Waals surface area contributed by atoms with Crippen molar-refractivity contribution in [1.29, 1.82) is 0 Å². The van der Waals surface area contributed by atoms with E-state index in [4.69, 9.17) is 17.3 Å². The lowest BCUT2D eigenvalue weighted by Gasteiger charge is -2.03. The second-order valence-corrected chi connectivity index (χ2v) is 4.14. The van der Waals surface area contributed by atoms with Crippen molar-refractivity contribution in [3.05, 3.63) is 29.0 Å². The normalized spacial score (nSPS) is 10.6. The molecule has 0 radical (unpaired) electrons. The molecule has 1 aromatic heterocycles. The van der Waals surface area contributed by atoms with Crippen LogP contribution in [0.3, 0.4) is 0 Å². The van der Waals surface area contributed by atoms with Crippen molar-refractivity contribution >= 4 is 23.5 Å². The third-order valence-electron chi connectivity index (χ3n) is 2.31. The van der Waals surface area contributed by atoms with Crippen LogP contribution in [0.4, 0.5) is 16.3 Å². The highest BCUT2D eigenvalue weighted by Crippen LogP contribution is 2.20.